The minimum Gasteiger partial charge on any atom is -0.465 e. The van der Waals surface area contributed by atoms with Crippen LogP contribution in [0.25, 0.3) is 0 Å². The van der Waals surface area contributed by atoms with Crippen LogP contribution in [0.1, 0.15) is 51.5 Å². The molecule has 1 aliphatic carbocycles. The number of nitrogens with zero attached hydrogens (tertiary/aromatic N) is 1. The number of carbonyl (C=O) groups excluding carboxylic acids is 1. The van der Waals surface area contributed by atoms with Gasteiger partial charge in [-0.15, -0.1) is 0 Å². The number of esters is 1. The molecular weight excluding hydrogens is 384 g/mol. The Morgan fingerprint density at radius 3 is 2.73 bits per heavy atom. The van der Waals surface area contributed by atoms with Crippen LogP contribution in [0.5, 0.6) is 0 Å². The molecule has 1 aromatic carbocycles. The predicted molar refractivity (Wildman–Crippen MR) is 113 cm³/mol. The largest absolute Gasteiger partial charge is 0.507 e. The maximum absolute atomic E-state index is 12.5. The van der Waals surface area contributed by atoms with E-state index in [1.165, 1.54) is 12.0 Å². The Kier molecular flexibility index (Phi) is 8.10. The van der Waals surface area contributed by atoms with E-state index in [1.54, 1.807) is 0 Å². The molecule has 1 aliphatic heterocycles. The minimum atomic E-state index is -1.22. The zero-order valence-corrected chi connectivity index (χ0v) is 18.0. The highest BCUT2D eigenvalue weighted by molar-refractivity contribution is 5.75. The fraction of sp³-hybridized carbons (Fsp3) is 0.652. The normalized spacial score (nSPS) is 25.5. The molecule has 7 nitrogen and oxygen atoms in total. The predicted octanol–water partition coefficient (Wildman–Crippen LogP) is 3.42. The summed E-state index contributed by atoms with van der Waals surface area (Å²) in [5.41, 5.74) is 1.18. The molecule has 5 atom stereocenters. The molecule has 166 valence electrons. The third-order valence-electron chi connectivity index (χ3n) is 6.26. The van der Waals surface area contributed by atoms with Crippen LogP contribution in [-0.2, 0) is 20.7 Å². The zero-order chi connectivity index (χ0) is 21.5. The quantitative estimate of drug-likeness (QED) is 0.563. The van der Waals surface area contributed by atoms with Gasteiger partial charge in [0.1, 0.15) is 6.04 Å². The molecule has 0 radical (unpaired) electrons. The van der Waals surface area contributed by atoms with E-state index in [-0.39, 0.29) is 12.0 Å². The first-order valence-corrected chi connectivity index (χ1v) is 11.1. The molecule has 0 aromatic heterocycles. The Morgan fingerprint density at radius 2 is 2.03 bits per heavy atom. The van der Waals surface area contributed by atoms with Crippen molar-refractivity contribution in [2.24, 2.45) is 5.92 Å². The van der Waals surface area contributed by atoms with Crippen molar-refractivity contribution >= 4 is 12.1 Å². The number of carbonyl (C=O) groups is 2. The molecule has 0 bridgehead atoms. The van der Waals surface area contributed by atoms with E-state index in [0.717, 1.165) is 25.7 Å². The van der Waals surface area contributed by atoms with Crippen LogP contribution in [0.15, 0.2) is 30.3 Å². The Balaban J connectivity index is 1.61. The highest BCUT2D eigenvalue weighted by atomic mass is 16.7. The van der Waals surface area contributed by atoms with Crippen molar-refractivity contribution < 1.29 is 24.2 Å². The molecule has 0 amide bonds. The van der Waals surface area contributed by atoms with Crippen LogP contribution < -0.4 is 5.32 Å². The van der Waals surface area contributed by atoms with Gasteiger partial charge in [0.05, 0.1) is 6.61 Å². The number of benzene rings is 1. The third-order valence-corrected chi connectivity index (χ3v) is 6.26. The van der Waals surface area contributed by atoms with Crippen LogP contribution in [0, 0.1) is 5.92 Å². The average molecular weight is 419 g/mol. The molecule has 0 spiro atoms. The SMILES string of the molecule is CCOC(=O)[C@H](CCc1ccccc1)N[C@@H](C)CN1[C@@H](OC(=O)O)C[C@@H]2CCC[C@@H]21. The third kappa shape index (κ3) is 5.95. The van der Waals surface area contributed by atoms with Crippen LogP contribution in [0.4, 0.5) is 4.79 Å². The fourth-order valence-electron chi connectivity index (χ4n) is 5.00. The summed E-state index contributed by atoms with van der Waals surface area (Å²) in [5, 5.41) is 12.6. The number of rotatable bonds is 10. The van der Waals surface area contributed by atoms with E-state index in [1.807, 2.05) is 32.0 Å². The standard InChI is InChI=1S/C23H34N2O5/c1-3-29-22(26)19(13-12-17-8-5-4-6-9-17)24-16(2)15-25-20-11-7-10-18(20)14-21(25)30-23(27)28/h4-6,8-9,16,18-21,24H,3,7,10-15H2,1-2H3,(H,27,28)/t16-,18-,19-,20-,21-/m0/s1. The smallest absolute Gasteiger partial charge is 0.465 e. The second kappa shape index (κ2) is 10.8. The maximum Gasteiger partial charge on any atom is 0.507 e. The maximum atomic E-state index is 12.5. The summed E-state index contributed by atoms with van der Waals surface area (Å²) in [4.78, 5) is 25.9. The number of hydrogen-bond acceptors (Lipinski definition) is 6. The van der Waals surface area contributed by atoms with Gasteiger partial charge < -0.3 is 19.9 Å². The van der Waals surface area contributed by atoms with Crippen molar-refractivity contribution in [2.45, 2.75) is 76.7 Å². The number of carboxylic acid groups (broad SMARTS) is 1. The number of aryl methyl sites for hydroxylation is 1. The molecule has 30 heavy (non-hydrogen) atoms. The van der Waals surface area contributed by atoms with Gasteiger partial charge in [0.15, 0.2) is 6.23 Å². The summed E-state index contributed by atoms with van der Waals surface area (Å²) >= 11 is 0. The van der Waals surface area contributed by atoms with Crippen molar-refractivity contribution in [3.63, 3.8) is 0 Å². The molecule has 2 N–H and O–H groups in total. The molecule has 1 heterocycles. The summed E-state index contributed by atoms with van der Waals surface area (Å²) in [6.07, 6.45) is 3.95. The first kappa shape index (κ1) is 22.6. The van der Waals surface area contributed by atoms with Gasteiger partial charge in [-0.3, -0.25) is 9.69 Å². The van der Waals surface area contributed by atoms with E-state index in [2.05, 4.69) is 22.3 Å². The molecular formula is C23H34N2O5. The van der Waals surface area contributed by atoms with Gasteiger partial charge in [-0.2, -0.15) is 0 Å². The van der Waals surface area contributed by atoms with Crippen molar-refractivity contribution in [3.05, 3.63) is 35.9 Å². The first-order chi connectivity index (χ1) is 14.5. The van der Waals surface area contributed by atoms with Crippen molar-refractivity contribution in [3.8, 4) is 0 Å². The molecule has 2 fully saturated rings. The van der Waals surface area contributed by atoms with E-state index < -0.39 is 18.4 Å². The van der Waals surface area contributed by atoms with Gasteiger partial charge in [-0.05, 0) is 51.0 Å². The van der Waals surface area contributed by atoms with Crippen molar-refractivity contribution in [2.75, 3.05) is 13.2 Å². The van der Waals surface area contributed by atoms with Gasteiger partial charge in [0, 0.05) is 25.0 Å². The lowest BCUT2D eigenvalue weighted by Crippen LogP contribution is -2.51. The Labute approximate surface area is 178 Å². The Hall–Kier alpha value is -2.12. The number of fused-ring (bicyclic) bond motifs is 1. The summed E-state index contributed by atoms with van der Waals surface area (Å²) in [7, 11) is 0. The van der Waals surface area contributed by atoms with Gasteiger partial charge in [0.25, 0.3) is 0 Å². The van der Waals surface area contributed by atoms with Gasteiger partial charge in [-0.1, -0.05) is 36.8 Å². The van der Waals surface area contributed by atoms with E-state index in [9.17, 15) is 9.59 Å². The second-order valence-electron chi connectivity index (χ2n) is 8.43. The van der Waals surface area contributed by atoms with Crippen LogP contribution in [0.3, 0.4) is 0 Å². The van der Waals surface area contributed by atoms with Gasteiger partial charge >= 0.3 is 12.1 Å². The molecule has 0 unspecified atom stereocenters. The van der Waals surface area contributed by atoms with Crippen LogP contribution in [0.2, 0.25) is 0 Å². The van der Waals surface area contributed by atoms with Crippen molar-refractivity contribution in [1.29, 1.82) is 0 Å². The average Bonchev–Trinajstić information content (AvgIpc) is 3.28. The molecule has 3 rings (SSSR count). The molecule has 7 heteroatoms. The van der Waals surface area contributed by atoms with E-state index in [4.69, 9.17) is 14.6 Å². The second-order valence-corrected chi connectivity index (χ2v) is 8.43. The minimum absolute atomic E-state index is 0.00516. The van der Waals surface area contributed by atoms with Crippen molar-refractivity contribution in [1.82, 2.24) is 10.2 Å². The molecule has 1 saturated heterocycles. The summed E-state index contributed by atoms with van der Waals surface area (Å²) in [5.74, 6) is 0.263. The topological polar surface area (TPSA) is 88.1 Å². The number of likely N-dealkylation sites (tertiary alicyclic amines) is 1. The first-order valence-electron chi connectivity index (χ1n) is 11.1. The monoisotopic (exact) mass is 418 g/mol. The fourth-order valence-corrected chi connectivity index (χ4v) is 5.00. The summed E-state index contributed by atoms with van der Waals surface area (Å²) in [6, 6.07) is 10.1. The van der Waals surface area contributed by atoms with E-state index in [0.29, 0.717) is 31.5 Å². The van der Waals surface area contributed by atoms with Crippen LogP contribution in [-0.4, -0.2) is 59.6 Å². The summed E-state index contributed by atoms with van der Waals surface area (Å²) in [6.45, 7) is 4.84. The lowest BCUT2D eigenvalue weighted by atomic mass is 10.0. The van der Waals surface area contributed by atoms with E-state index >= 15 is 0 Å². The molecule has 1 saturated carbocycles. The lowest BCUT2D eigenvalue weighted by molar-refractivity contribution is -0.146. The highest BCUT2D eigenvalue weighted by Gasteiger charge is 2.45. The molecule has 2 aliphatic rings. The number of ether oxygens (including phenoxy) is 2. The van der Waals surface area contributed by atoms with Gasteiger partial charge in [-0.25, -0.2) is 4.79 Å². The van der Waals surface area contributed by atoms with Gasteiger partial charge in [0.2, 0.25) is 0 Å². The number of hydrogen-bond donors (Lipinski definition) is 2. The highest BCUT2D eigenvalue weighted by Crippen LogP contribution is 2.41. The lowest BCUT2D eigenvalue weighted by Gasteiger charge is -2.32. The number of nitrogens with one attached hydrogen (secondary N) is 1. The summed E-state index contributed by atoms with van der Waals surface area (Å²) < 4.78 is 10.5. The Bertz CT molecular complexity index is 698. The molecule has 1 aromatic rings. The van der Waals surface area contributed by atoms with Crippen LogP contribution >= 0.6 is 0 Å². The Morgan fingerprint density at radius 1 is 1.27 bits per heavy atom. The zero-order valence-electron chi connectivity index (χ0n) is 18.0.